The summed E-state index contributed by atoms with van der Waals surface area (Å²) < 4.78 is 33.2. The summed E-state index contributed by atoms with van der Waals surface area (Å²) in [7, 11) is -0.0370. The van der Waals surface area contributed by atoms with E-state index < -0.39 is 23.6 Å². The number of carbonyl (C=O) groups is 1. The van der Waals surface area contributed by atoms with Gasteiger partial charge in [0.1, 0.15) is 0 Å². The Hall–Kier alpha value is -1.66. The summed E-state index contributed by atoms with van der Waals surface area (Å²) in [6.07, 6.45) is 3.63. The Morgan fingerprint density at radius 3 is 1.85 bits per heavy atom. The lowest BCUT2D eigenvalue weighted by Crippen LogP contribution is -2.46. The zero-order valence-electron chi connectivity index (χ0n) is 25.5. The van der Waals surface area contributed by atoms with Crippen LogP contribution in [0.25, 0.3) is 0 Å². The first-order valence-corrected chi connectivity index (χ1v) is 17.9. The Morgan fingerprint density at radius 1 is 0.850 bits per heavy atom. The van der Waals surface area contributed by atoms with Gasteiger partial charge in [-0.2, -0.15) is 0 Å². The number of amides is 2. The number of nitrogens with two attached hydrogens (primary N) is 1. The van der Waals surface area contributed by atoms with Crippen molar-refractivity contribution < 1.29 is 31.4 Å². The third-order valence-electron chi connectivity index (χ3n) is 5.88. The molecule has 11 nitrogen and oxygen atoms in total. The number of hydrogen-bond donors (Lipinski definition) is 4. The van der Waals surface area contributed by atoms with E-state index in [9.17, 15) is 4.79 Å². The van der Waals surface area contributed by atoms with Crippen molar-refractivity contribution in [3.63, 3.8) is 0 Å². The molecule has 1 aromatic rings. The van der Waals surface area contributed by atoms with E-state index >= 15 is 0 Å². The Labute approximate surface area is 244 Å². The van der Waals surface area contributed by atoms with Crippen molar-refractivity contribution in [1.82, 2.24) is 16.0 Å². The van der Waals surface area contributed by atoms with Crippen molar-refractivity contribution in [2.45, 2.75) is 51.7 Å². The Balaban J connectivity index is 0.000000799. The highest BCUT2D eigenvalue weighted by atomic mass is 28.4. The number of hydrogen-bond acceptors (Lipinski definition) is 9. The highest BCUT2D eigenvalue weighted by molar-refractivity contribution is 6.61. The van der Waals surface area contributed by atoms with E-state index in [1.807, 2.05) is 45.0 Å². The summed E-state index contributed by atoms with van der Waals surface area (Å²) in [5.41, 5.74) is 6.22. The predicted octanol–water partition coefficient (Wildman–Crippen LogP) is 3.45. The Kier molecular flexibility index (Phi) is 23.0. The zero-order valence-corrected chi connectivity index (χ0v) is 27.5. The van der Waals surface area contributed by atoms with Crippen LogP contribution >= 0.6 is 0 Å². The van der Waals surface area contributed by atoms with Gasteiger partial charge in [0.15, 0.2) is 0 Å². The summed E-state index contributed by atoms with van der Waals surface area (Å²) in [5, 5.41) is 9.44. The fraction of sp³-hybridized carbons (Fsp3) is 0.667. The summed E-state index contributed by atoms with van der Waals surface area (Å²) in [5.74, 6) is 0. The first-order valence-electron chi connectivity index (χ1n) is 14.0. The molecule has 0 aromatic heterocycles. The summed E-state index contributed by atoms with van der Waals surface area (Å²) in [6.45, 7) is 14.6. The van der Waals surface area contributed by atoms with Crippen molar-refractivity contribution in [3.05, 3.63) is 48.6 Å². The van der Waals surface area contributed by atoms with Crippen molar-refractivity contribution in [2.75, 3.05) is 67.3 Å². The first kappa shape index (κ1) is 38.3. The molecule has 0 aliphatic carbocycles. The van der Waals surface area contributed by atoms with Gasteiger partial charge in [0.2, 0.25) is 0 Å². The van der Waals surface area contributed by atoms with Crippen LogP contribution in [0, 0.1) is 0 Å². The lowest BCUT2D eigenvalue weighted by atomic mass is 10.1. The minimum Gasteiger partial charge on any atom is -0.377 e. The monoisotopic (exact) mass is 602 g/mol. The van der Waals surface area contributed by atoms with E-state index in [0.717, 1.165) is 38.5 Å². The number of benzene rings is 1. The van der Waals surface area contributed by atoms with Gasteiger partial charge in [0.25, 0.3) is 0 Å². The van der Waals surface area contributed by atoms with E-state index in [0.29, 0.717) is 32.4 Å². The summed E-state index contributed by atoms with van der Waals surface area (Å²) in [6, 6.07) is 11.5. The van der Waals surface area contributed by atoms with Crippen LogP contribution in [0.3, 0.4) is 0 Å². The molecule has 0 bridgehead atoms. The molecule has 1 unspecified atom stereocenters. The maximum atomic E-state index is 10.5. The SMILES string of the molecule is C=CC(NCCNCCC[Si](OC)(OC)OC)c1ccccc1.CCO[Si](CCCNC(N)=O)(OCC)OCC. The summed E-state index contributed by atoms with van der Waals surface area (Å²) in [4.78, 5) is 10.5. The van der Waals surface area contributed by atoms with Crippen molar-refractivity contribution in [2.24, 2.45) is 5.73 Å². The van der Waals surface area contributed by atoms with Gasteiger partial charge in [-0.3, -0.25) is 0 Å². The van der Waals surface area contributed by atoms with Crippen LogP contribution in [-0.4, -0.2) is 91.0 Å². The zero-order chi connectivity index (χ0) is 30.1. The number of nitrogens with one attached hydrogen (secondary N) is 3. The maximum Gasteiger partial charge on any atom is 0.500 e. The topological polar surface area (TPSA) is 135 Å². The van der Waals surface area contributed by atoms with Crippen molar-refractivity contribution in [1.29, 1.82) is 0 Å². The second-order valence-electron chi connectivity index (χ2n) is 8.60. The highest BCUT2D eigenvalue weighted by Crippen LogP contribution is 2.18. The lowest BCUT2D eigenvalue weighted by Gasteiger charge is -2.28. The molecule has 1 aromatic carbocycles. The average molecular weight is 603 g/mol. The standard InChI is InChI=1S/C17H30N2O3Si.C10H24N2O4Si/c1-5-17(16-10-7-6-8-11-16)19-14-13-18-12-9-15-23(20-2,21-3)22-4;1-4-14-17(15-5-2,16-6-3)9-7-8-12-10(11)13/h5-8,10-11,17-19H,1,9,12-15H2,2-4H3;4-9H2,1-3H3,(H3,11,12,13). The normalized spacial score (nSPS) is 12.3. The minimum atomic E-state index is -2.56. The Morgan fingerprint density at radius 2 is 1.38 bits per heavy atom. The van der Waals surface area contributed by atoms with Gasteiger partial charge < -0.3 is 48.2 Å². The van der Waals surface area contributed by atoms with E-state index in [2.05, 4.69) is 34.7 Å². The number of carbonyl (C=O) groups excluding carboxylic acids is 1. The van der Waals surface area contributed by atoms with Crippen LogP contribution in [0.1, 0.15) is 45.2 Å². The van der Waals surface area contributed by atoms with Crippen molar-refractivity contribution >= 4 is 23.6 Å². The van der Waals surface area contributed by atoms with E-state index in [-0.39, 0.29) is 6.04 Å². The molecule has 0 fully saturated rings. The second kappa shape index (κ2) is 24.0. The van der Waals surface area contributed by atoms with Crippen LogP contribution in [0.4, 0.5) is 4.79 Å². The predicted molar refractivity (Wildman–Crippen MR) is 164 cm³/mol. The van der Waals surface area contributed by atoms with Gasteiger partial charge in [-0.05, 0) is 45.7 Å². The molecular formula is C27H54N4O7Si2. The van der Waals surface area contributed by atoms with Gasteiger partial charge in [-0.25, -0.2) is 4.79 Å². The third kappa shape index (κ3) is 16.6. The number of urea groups is 1. The van der Waals surface area contributed by atoms with E-state index in [1.165, 1.54) is 5.56 Å². The molecule has 1 rings (SSSR count). The van der Waals surface area contributed by atoms with Crippen LogP contribution in [0.15, 0.2) is 43.0 Å². The molecule has 13 heteroatoms. The molecule has 0 spiro atoms. The lowest BCUT2D eigenvalue weighted by molar-refractivity contribution is 0.0708. The minimum absolute atomic E-state index is 0.188. The van der Waals surface area contributed by atoms with Crippen LogP contribution < -0.4 is 21.7 Å². The third-order valence-corrected chi connectivity index (χ3v) is 11.9. The molecule has 0 radical (unpaired) electrons. The highest BCUT2D eigenvalue weighted by Gasteiger charge is 2.39. The molecular weight excluding hydrogens is 548 g/mol. The largest absolute Gasteiger partial charge is 0.500 e. The molecule has 2 amide bonds. The summed E-state index contributed by atoms with van der Waals surface area (Å²) >= 11 is 0. The molecule has 40 heavy (non-hydrogen) atoms. The van der Waals surface area contributed by atoms with Crippen molar-refractivity contribution in [3.8, 4) is 0 Å². The fourth-order valence-corrected chi connectivity index (χ4v) is 8.28. The second-order valence-corrected chi connectivity index (χ2v) is 14.4. The van der Waals surface area contributed by atoms with Gasteiger partial charge in [-0.1, -0.05) is 36.4 Å². The average Bonchev–Trinajstić information content (AvgIpc) is 2.96. The molecule has 5 N–H and O–H groups in total. The molecule has 0 aliphatic heterocycles. The fourth-order valence-electron chi connectivity index (χ4n) is 3.94. The van der Waals surface area contributed by atoms with E-state index in [4.69, 9.17) is 32.3 Å². The van der Waals surface area contributed by atoms with Gasteiger partial charge in [0.05, 0.1) is 6.04 Å². The molecule has 0 saturated heterocycles. The maximum absolute atomic E-state index is 10.5. The number of primary amides is 1. The quantitative estimate of drug-likeness (QED) is 0.0844. The smallest absolute Gasteiger partial charge is 0.377 e. The van der Waals surface area contributed by atoms with Gasteiger partial charge >= 0.3 is 23.6 Å². The molecule has 0 aliphatic rings. The Bertz CT molecular complexity index is 736. The van der Waals surface area contributed by atoms with Gasteiger partial charge in [-0.15, -0.1) is 6.58 Å². The molecule has 0 heterocycles. The van der Waals surface area contributed by atoms with Gasteiger partial charge in [0, 0.05) is 72.9 Å². The van der Waals surface area contributed by atoms with Crippen LogP contribution in [0.2, 0.25) is 12.1 Å². The first-order chi connectivity index (χ1) is 19.3. The van der Waals surface area contributed by atoms with E-state index in [1.54, 1.807) is 21.3 Å². The molecule has 0 saturated carbocycles. The van der Waals surface area contributed by atoms with Crippen LogP contribution in [0.5, 0.6) is 0 Å². The van der Waals surface area contributed by atoms with Crippen LogP contribution in [-0.2, 0) is 26.6 Å². The number of rotatable bonds is 23. The molecule has 232 valence electrons. The molecule has 1 atom stereocenters.